The maximum atomic E-state index is 13.0. The van der Waals surface area contributed by atoms with Crippen LogP contribution in [-0.2, 0) is 0 Å². The third-order valence-corrected chi connectivity index (χ3v) is 2.96. The summed E-state index contributed by atoms with van der Waals surface area (Å²) >= 11 is 0. The highest BCUT2D eigenvalue weighted by Gasteiger charge is 2.08. The van der Waals surface area contributed by atoms with Gasteiger partial charge in [0.15, 0.2) is 0 Å². The maximum Gasteiger partial charge on any atom is 0.140 e. The smallest absolute Gasteiger partial charge is 0.140 e. The molecule has 0 aliphatic heterocycles. The van der Waals surface area contributed by atoms with Crippen LogP contribution in [-0.4, -0.2) is 5.71 Å². The average Bonchev–Trinajstić information content (AvgIpc) is 2.35. The number of benzene rings is 1. The van der Waals surface area contributed by atoms with Crippen LogP contribution >= 0.6 is 0 Å². The van der Waals surface area contributed by atoms with Gasteiger partial charge >= 0.3 is 0 Å². The van der Waals surface area contributed by atoms with Crippen molar-refractivity contribution in [3.05, 3.63) is 59.6 Å². The van der Waals surface area contributed by atoms with Crippen LogP contribution in [0.4, 0.5) is 4.39 Å². The molecule has 1 aromatic carbocycles. The molecule has 1 rings (SSSR count). The van der Waals surface area contributed by atoms with E-state index in [1.165, 1.54) is 17.3 Å². The van der Waals surface area contributed by atoms with E-state index in [0.717, 1.165) is 17.4 Å². The van der Waals surface area contributed by atoms with E-state index in [0.29, 0.717) is 5.92 Å². The van der Waals surface area contributed by atoms with E-state index < -0.39 is 5.83 Å². The van der Waals surface area contributed by atoms with Crippen LogP contribution in [0.25, 0.3) is 0 Å². The quantitative estimate of drug-likeness (QED) is 0.527. The van der Waals surface area contributed by atoms with Gasteiger partial charge in [0.1, 0.15) is 5.83 Å². The van der Waals surface area contributed by atoms with E-state index in [4.69, 9.17) is 0 Å². The molecule has 0 N–H and O–H groups in total. The zero-order chi connectivity index (χ0) is 13.7. The molecule has 0 amide bonds. The first-order valence-corrected chi connectivity index (χ1v) is 6.09. The predicted molar refractivity (Wildman–Crippen MR) is 76.9 cm³/mol. The molecular weight excluding hydrogens is 225 g/mol. The topological polar surface area (TPSA) is 12.4 Å². The van der Waals surface area contributed by atoms with Crippen LogP contribution in [0.5, 0.6) is 0 Å². The van der Waals surface area contributed by atoms with E-state index in [-0.39, 0.29) is 0 Å². The molecule has 0 fully saturated rings. The maximum absolute atomic E-state index is 13.0. The Morgan fingerprint density at radius 1 is 1.39 bits per heavy atom. The Labute approximate surface area is 109 Å². The van der Waals surface area contributed by atoms with Crippen molar-refractivity contribution in [2.45, 2.75) is 33.6 Å². The molecule has 0 atom stereocenters. The van der Waals surface area contributed by atoms with Crippen molar-refractivity contribution in [2.24, 2.45) is 4.99 Å². The summed E-state index contributed by atoms with van der Waals surface area (Å²) in [6, 6.07) is 6.15. The molecule has 1 aromatic rings. The van der Waals surface area contributed by atoms with Crippen molar-refractivity contribution < 1.29 is 4.39 Å². The molecule has 0 aromatic heterocycles. The lowest BCUT2D eigenvalue weighted by Crippen LogP contribution is -2.02. The van der Waals surface area contributed by atoms with Crippen molar-refractivity contribution in [2.75, 3.05) is 0 Å². The average molecular weight is 245 g/mol. The summed E-state index contributed by atoms with van der Waals surface area (Å²) in [7, 11) is 0. The van der Waals surface area contributed by atoms with Crippen molar-refractivity contribution in [1.29, 1.82) is 0 Å². The zero-order valence-corrected chi connectivity index (χ0v) is 11.5. The second kappa shape index (κ2) is 6.29. The molecule has 0 aliphatic carbocycles. The Bertz CT molecular complexity index is 496. The van der Waals surface area contributed by atoms with Gasteiger partial charge in [-0.2, -0.15) is 0 Å². The molecule has 18 heavy (non-hydrogen) atoms. The van der Waals surface area contributed by atoms with Crippen molar-refractivity contribution in [1.82, 2.24) is 0 Å². The summed E-state index contributed by atoms with van der Waals surface area (Å²) in [6.07, 6.45) is 2.35. The first-order chi connectivity index (χ1) is 8.47. The Hall–Kier alpha value is -1.70. The van der Waals surface area contributed by atoms with E-state index in [1.807, 2.05) is 19.1 Å². The van der Waals surface area contributed by atoms with Gasteiger partial charge in [-0.05, 0) is 42.5 Å². The van der Waals surface area contributed by atoms with Gasteiger partial charge in [-0.25, -0.2) is 4.39 Å². The minimum absolute atomic E-state index is 0.424. The number of allylic oxidation sites excluding steroid dienone is 2. The number of hydrogen-bond acceptors (Lipinski definition) is 1. The van der Waals surface area contributed by atoms with Crippen LogP contribution in [0.15, 0.2) is 47.9 Å². The van der Waals surface area contributed by atoms with E-state index >= 15 is 0 Å². The van der Waals surface area contributed by atoms with Gasteiger partial charge in [0.2, 0.25) is 0 Å². The molecule has 96 valence electrons. The first-order valence-electron chi connectivity index (χ1n) is 6.09. The highest BCUT2D eigenvalue weighted by atomic mass is 19.1. The summed E-state index contributed by atoms with van der Waals surface area (Å²) in [5, 5.41) is 0. The molecule has 0 saturated carbocycles. The van der Waals surface area contributed by atoms with E-state index in [2.05, 4.69) is 38.4 Å². The van der Waals surface area contributed by atoms with Crippen LogP contribution in [0.2, 0.25) is 0 Å². The fraction of sp³-hybridized carbons (Fsp3) is 0.312. The largest absolute Gasteiger partial charge is 0.258 e. The minimum atomic E-state index is -0.424. The monoisotopic (exact) mass is 245 g/mol. The molecule has 2 heteroatoms. The Morgan fingerprint density at radius 2 is 2.06 bits per heavy atom. The molecule has 0 radical (unpaired) electrons. The van der Waals surface area contributed by atoms with Crippen molar-refractivity contribution in [3.8, 4) is 0 Å². The number of halogens is 1. The number of nitrogens with zero attached hydrogens (tertiary/aromatic N) is 1. The van der Waals surface area contributed by atoms with E-state index in [9.17, 15) is 4.39 Å². The molecule has 0 saturated heterocycles. The Kier molecular flexibility index (Phi) is 5.02. The molecule has 1 nitrogen and oxygen atoms in total. The fourth-order valence-electron chi connectivity index (χ4n) is 1.95. The Balaban J connectivity index is 3.18. The molecule has 0 heterocycles. The lowest BCUT2D eigenvalue weighted by Gasteiger charge is -2.13. The van der Waals surface area contributed by atoms with Crippen LogP contribution in [0.1, 0.15) is 43.4 Å². The molecule has 0 bridgehead atoms. The standard InChI is InChI=1S/C16H20FN/c1-6-14(17)10-18-13(5)16-9-7-8-15(11(2)3)12(16)4/h6-11H,1H2,2-5H3/b14-10+,18-13?. The molecule has 0 spiro atoms. The van der Waals surface area contributed by atoms with Gasteiger partial charge in [0.05, 0.1) is 6.20 Å². The summed E-state index contributed by atoms with van der Waals surface area (Å²) < 4.78 is 13.0. The van der Waals surface area contributed by atoms with Gasteiger partial charge < -0.3 is 0 Å². The minimum Gasteiger partial charge on any atom is -0.258 e. The van der Waals surface area contributed by atoms with Crippen molar-refractivity contribution in [3.63, 3.8) is 0 Å². The molecule has 0 aliphatic rings. The lowest BCUT2D eigenvalue weighted by atomic mass is 9.93. The second-order valence-corrected chi connectivity index (χ2v) is 4.61. The van der Waals surface area contributed by atoms with Gasteiger partial charge in [0.25, 0.3) is 0 Å². The van der Waals surface area contributed by atoms with Gasteiger partial charge in [0, 0.05) is 5.71 Å². The number of rotatable bonds is 4. The number of aliphatic imine (C=N–C) groups is 1. The summed E-state index contributed by atoms with van der Waals surface area (Å²) in [5.41, 5.74) is 4.39. The summed E-state index contributed by atoms with van der Waals surface area (Å²) in [4.78, 5) is 4.13. The Morgan fingerprint density at radius 3 is 2.61 bits per heavy atom. The van der Waals surface area contributed by atoms with Crippen LogP contribution in [0.3, 0.4) is 0 Å². The lowest BCUT2D eigenvalue weighted by molar-refractivity contribution is 0.664. The van der Waals surface area contributed by atoms with Crippen LogP contribution < -0.4 is 0 Å². The summed E-state index contributed by atoms with van der Waals surface area (Å²) in [6.45, 7) is 11.6. The second-order valence-electron chi connectivity index (χ2n) is 4.61. The first kappa shape index (κ1) is 14.4. The SMILES string of the molecule is C=C/C(F)=C\N=C(C)c1cccc(C(C)C)c1C. The van der Waals surface area contributed by atoms with E-state index in [1.54, 1.807) is 0 Å². The predicted octanol–water partition coefficient (Wildman–Crippen LogP) is 4.92. The molecule has 0 unspecified atom stereocenters. The van der Waals surface area contributed by atoms with Gasteiger partial charge in [-0.1, -0.05) is 38.6 Å². The molecular formula is C16H20FN. The third kappa shape index (κ3) is 3.39. The van der Waals surface area contributed by atoms with Gasteiger partial charge in [-0.15, -0.1) is 0 Å². The third-order valence-electron chi connectivity index (χ3n) is 2.96. The summed E-state index contributed by atoms with van der Waals surface area (Å²) in [5.74, 6) is 0.0465. The highest BCUT2D eigenvalue weighted by Crippen LogP contribution is 2.22. The fourth-order valence-corrected chi connectivity index (χ4v) is 1.95. The van der Waals surface area contributed by atoms with Crippen molar-refractivity contribution >= 4 is 5.71 Å². The zero-order valence-electron chi connectivity index (χ0n) is 11.5. The van der Waals surface area contributed by atoms with Crippen LogP contribution in [0, 0.1) is 6.92 Å². The highest BCUT2D eigenvalue weighted by molar-refractivity contribution is 6.00. The number of hydrogen-bond donors (Lipinski definition) is 0. The normalized spacial score (nSPS) is 13.0. The van der Waals surface area contributed by atoms with Gasteiger partial charge in [-0.3, -0.25) is 4.99 Å².